The van der Waals surface area contributed by atoms with Gasteiger partial charge in [-0.2, -0.15) is 0 Å². The molecule has 3 aromatic carbocycles. The molecule has 4 rings (SSSR count). The van der Waals surface area contributed by atoms with Crippen LogP contribution in [0.3, 0.4) is 0 Å². The minimum Gasteiger partial charge on any atom is -0.496 e. The zero-order valence-electron chi connectivity index (χ0n) is 22.1. The summed E-state index contributed by atoms with van der Waals surface area (Å²) in [6, 6.07) is 22.3. The normalized spacial score (nSPS) is 15.2. The SMILES string of the molecule is COc1cc(OC)c(C(O)CN2CCN(CCOc3ccccc3Cc3ccccc3)CC2)cc1OC. The molecule has 0 saturated carbocycles. The summed E-state index contributed by atoms with van der Waals surface area (Å²) < 4.78 is 22.5. The van der Waals surface area contributed by atoms with Crippen LogP contribution in [0.2, 0.25) is 0 Å². The molecule has 0 spiro atoms. The number of hydrogen-bond acceptors (Lipinski definition) is 7. The van der Waals surface area contributed by atoms with Gasteiger partial charge in [0.2, 0.25) is 0 Å². The first-order chi connectivity index (χ1) is 18.1. The van der Waals surface area contributed by atoms with Gasteiger partial charge in [-0.15, -0.1) is 0 Å². The molecule has 1 unspecified atom stereocenters. The Labute approximate surface area is 220 Å². The van der Waals surface area contributed by atoms with Gasteiger partial charge in [0, 0.05) is 57.3 Å². The van der Waals surface area contributed by atoms with E-state index in [-0.39, 0.29) is 0 Å². The van der Waals surface area contributed by atoms with E-state index in [2.05, 4.69) is 52.3 Å². The van der Waals surface area contributed by atoms with E-state index in [9.17, 15) is 5.11 Å². The lowest BCUT2D eigenvalue weighted by Crippen LogP contribution is -2.48. The maximum Gasteiger partial charge on any atom is 0.164 e. The summed E-state index contributed by atoms with van der Waals surface area (Å²) >= 11 is 0. The number of ether oxygens (including phenoxy) is 4. The van der Waals surface area contributed by atoms with Gasteiger partial charge < -0.3 is 24.1 Å². The van der Waals surface area contributed by atoms with Gasteiger partial charge in [0.1, 0.15) is 18.1 Å². The van der Waals surface area contributed by atoms with Crippen LogP contribution in [-0.2, 0) is 6.42 Å². The van der Waals surface area contributed by atoms with Gasteiger partial charge in [-0.1, -0.05) is 48.5 Å². The van der Waals surface area contributed by atoms with Gasteiger partial charge in [0.25, 0.3) is 0 Å². The van der Waals surface area contributed by atoms with Crippen molar-refractivity contribution in [2.75, 3.05) is 67.2 Å². The summed E-state index contributed by atoms with van der Waals surface area (Å²) in [5, 5.41) is 11.0. The third-order valence-electron chi connectivity index (χ3n) is 6.87. The van der Waals surface area contributed by atoms with Crippen LogP contribution in [0.4, 0.5) is 0 Å². The standard InChI is InChI=1S/C30H38N2O5/c1-34-28-21-30(36-3)29(35-2)20-25(28)26(33)22-32-15-13-31(14-16-32)17-18-37-27-12-8-7-11-24(27)19-23-9-5-4-6-10-23/h4-12,20-21,26,33H,13-19,22H2,1-3H3. The van der Waals surface area contributed by atoms with Crippen LogP contribution in [0.1, 0.15) is 22.8 Å². The van der Waals surface area contributed by atoms with E-state index in [1.54, 1.807) is 33.5 Å². The quantitative estimate of drug-likeness (QED) is 0.398. The molecule has 0 bridgehead atoms. The molecule has 0 aromatic heterocycles. The van der Waals surface area contributed by atoms with E-state index in [1.807, 2.05) is 12.1 Å². The topological polar surface area (TPSA) is 63.6 Å². The number of hydrogen-bond donors (Lipinski definition) is 1. The Morgan fingerprint density at radius 1 is 0.730 bits per heavy atom. The maximum atomic E-state index is 11.0. The molecule has 1 atom stereocenters. The summed E-state index contributed by atoms with van der Waals surface area (Å²) in [6.45, 7) is 5.70. The summed E-state index contributed by atoms with van der Waals surface area (Å²) in [5.74, 6) is 2.70. The smallest absolute Gasteiger partial charge is 0.164 e. The van der Waals surface area contributed by atoms with Crippen molar-refractivity contribution in [3.8, 4) is 23.0 Å². The lowest BCUT2D eigenvalue weighted by molar-refractivity contribution is 0.0664. The van der Waals surface area contributed by atoms with E-state index < -0.39 is 6.10 Å². The molecule has 1 N–H and O–H groups in total. The van der Waals surface area contributed by atoms with E-state index in [4.69, 9.17) is 18.9 Å². The van der Waals surface area contributed by atoms with Crippen LogP contribution in [0.5, 0.6) is 23.0 Å². The van der Waals surface area contributed by atoms with Crippen molar-refractivity contribution < 1.29 is 24.1 Å². The van der Waals surface area contributed by atoms with Crippen molar-refractivity contribution in [3.63, 3.8) is 0 Å². The summed E-state index contributed by atoms with van der Waals surface area (Å²) in [4.78, 5) is 4.70. The van der Waals surface area contributed by atoms with Crippen LogP contribution in [-0.4, -0.2) is 82.1 Å². The lowest BCUT2D eigenvalue weighted by Gasteiger charge is -2.35. The number of β-amino-alcohol motifs (C(OH)–C–C–N with tert-alkyl or cyclic N) is 1. The predicted octanol–water partition coefficient (Wildman–Crippen LogP) is 4.03. The molecule has 0 radical (unpaired) electrons. The number of rotatable bonds is 12. The Hall–Kier alpha value is -3.26. The largest absolute Gasteiger partial charge is 0.496 e. The number of nitrogens with zero attached hydrogens (tertiary/aromatic N) is 2. The highest BCUT2D eigenvalue weighted by molar-refractivity contribution is 5.51. The fraction of sp³-hybridized carbons (Fsp3) is 0.400. The second-order valence-corrected chi connectivity index (χ2v) is 9.23. The van der Waals surface area contributed by atoms with Crippen molar-refractivity contribution in [2.24, 2.45) is 0 Å². The highest BCUT2D eigenvalue weighted by Crippen LogP contribution is 2.37. The molecular weight excluding hydrogens is 468 g/mol. The van der Waals surface area contributed by atoms with Crippen molar-refractivity contribution >= 4 is 0 Å². The van der Waals surface area contributed by atoms with Crippen molar-refractivity contribution in [1.29, 1.82) is 0 Å². The molecule has 1 saturated heterocycles. The van der Waals surface area contributed by atoms with Gasteiger partial charge in [0.15, 0.2) is 11.5 Å². The number of para-hydroxylation sites is 1. The molecule has 7 heteroatoms. The fourth-order valence-electron chi connectivity index (χ4n) is 4.74. The zero-order valence-corrected chi connectivity index (χ0v) is 22.1. The third-order valence-corrected chi connectivity index (χ3v) is 6.87. The Bertz CT molecular complexity index is 1120. The van der Waals surface area contributed by atoms with E-state index in [0.29, 0.717) is 36.0 Å². The Kier molecular flexibility index (Phi) is 9.65. The minimum atomic E-state index is -0.689. The van der Waals surface area contributed by atoms with E-state index >= 15 is 0 Å². The molecule has 0 amide bonds. The zero-order chi connectivity index (χ0) is 26.0. The molecule has 1 heterocycles. The average molecular weight is 507 g/mol. The summed E-state index contributed by atoms with van der Waals surface area (Å²) in [6.07, 6.45) is 0.175. The third kappa shape index (κ3) is 7.16. The second kappa shape index (κ2) is 13.3. The number of piperazine rings is 1. The Balaban J connectivity index is 1.25. The molecular formula is C30H38N2O5. The lowest BCUT2D eigenvalue weighted by atomic mass is 10.0. The highest BCUT2D eigenvalue weighted by atomic mass is 16.5. The first-order valence-electron chi connectivity index (χ1n) is 12.8. The number of aliphatic hydroxyl groups is 1. The van der Waals surface area contributed by atoms with Gasteiger partial charge in [0.05, 0.1) is 27.4 Å². The molecule has 3 aromatic rings. The van der Waals surface area contributed by atoms with Crippen LogP contribution in [0.15, 0.2) is 66.7 Å². The van der Waals surface area contributed by atoms with Crippen LogP contribution in [0.25, 0.3) is 0 Å². The molecule has 1 aliphatic heterocycles. The molecule has 7 nitrogen and oxygen atoms in total. The van der Waals surface area contributed by atoms with Crippen molar-refractivity contribution in [2.45, 2.75) is 12.5 Å². The molecule has 1 fully saturated rings. The highest BCUT2D eigenvalue weighted by Gasteiger charge is 2.23. The van der Waals surface area contributed by atoms with Crippen LogP contribution < -0.4 is 18.9 Å². The minimum absolute atomic E-state index is 0.531. The first-order valence-corrected chi connectivity index (χ1v) is 12.8. The maximum absolute atomic E-state index is 11.0. The van der Waals surface area contributed by atoms with Crippen LogP contribution in [0, 0.1) is 0 Å². The molecule has 0 aliphatic carbocycles. The molecule has 1 aliphatic rings. The van der Waals surface area contributed by atoms with E-state index in [1.165, 1.54) is 11.1 Å². The Morgan fingerprint density at radius 2 is 1.35 bits per heavy atom. The Morgan fingerprint density at radius 3 is 2.05 bits per heavy atom. The fourth-order valence-corrected chi connectivity index (χ4v) is 4.74. The predicted molar refractivity (Wildman–Crippen MR) is 145 cm³/mol. The van der Waals surface area contributed by atoms with Gasteiger partial charge >= 0.3 is 0 Å². The number of aliphatic hydroxyl groups excluding tert-OH is 1. The van der Waals surface area contributed by atoms with Crippen LogP contribution >= 0.6 is 0 Å². The van der Waals surface area contributed by atoms with Gasteiger partial charge in [-0.3, -0.25) is 9.80 Å². The number of methoxy groups -OCH3 is 3. The van der Waals surface area contributed by atoms with Gasteiger partial charge in [-0.25, -0.2) is 0 Å². The number of benzene rings is 3. The molecule has 37 heavy (non-hydrogen) atoms. The van der Waals surface area contributed by atoms with Gasteiger partial charge in [-0.05, 0) is 23.3 Å². The second-order valence-electron chi connectivity index (χ2n) is 9.23. The summed E-state index contributed by atoms with van der Waals surface area (Å²) in [7, 11) is 4.77. The average Bonchev–Trinajstić information content (AvgIpc) is 2.94. The monoisotopic (exact) mass is 506 g/mol. The summed E-state index contributed by atoms with van der Waals surface area (Å²) in [5.41, 5.74) is 3.19. The molecule has 198 valence electrons. The van der Waals surface area contributed by atoms with E-state index in [0.717, 1.165) is 44.9 Å². The van der Waals surface area contributed by atoms with Crippen molar-refractivity contribution in [3.05, 3.63) is 83.4 Å². The first kappa shape index (κ1) is 26.8. The van der Waals surface area contributed by atoms with Crippen molar-refractivity contribution in [1.82, 2.24) is 9.80 Å².